The number of benzene rings is 2. The SMILES string of the molecule is CCOCc1cc(C(=O)O[C@@H](C)C(=O)c2ccc(NC(=O)C(C)C)cc2)ccc1OC. The first-order chi connectivity index (χ1) is 14.8. The zero-order valence-corrected chi connectivity index (χ0v) is 18.6. The van der Waals surface area contributed by atoms with Crippen molar-refractivity contribution < 1.29 is 28.6 Å². The number of methoxy groups -OCH3 is 1. The van der Waals surface area contributed by atoms with E-state index in [1.54, 1.807) is 63.4 Å². The number of hydrogen-bond acceptors (Lipinski definition) is 6. The predicted octanol–water partition coefficient (Wildman–Crippen LogP) is 4.25. The second-order valence-electron chi connectivity index (χ2n) is 7.30. The predicted molar refractivity (Wildman–Crippen MR) is 117 cm³/mol. The normalized spacial score (nSPS) is 11.7. The van der Waals surface area contributed by atoms with Gasteiger partial charge in [0.2, 0.25) is 11.7 Å². The lowest BCUT2D eigenvalue weighted by Gasteiger charge is -2.14. The highest BCUT2D eigenvalue weighted by atomic mass is 16.5. The molecule has 0 radical (unpaired) electrons. The molecular weight excluding hydrogens is 398 g/mol. The Labute approximate surface area is 182 Å². The van der Waals surface area contributed by atoms with E-state index < -0.39 is 12.1 Å². The van der Waals surface area contributed by atoms with Gasteiger partial charge in [0.1, 0.15) is 5.75 Å². The summed E-state index contributed by atoms with van der Waals surface area (Å²) in [4.78, 5) is 37.0. The lowest BCUT2D eigenvalue weighted by Crippen LogP contribution is -2.24. The minimum Gasteiger partial charge on any atom is -0.496 e. The van der Waals surface area contributed by atoms with Crippen LogP contribution in [0.5, 0.6) is 5.75 Å². The van der Waals surface area contributed by atoms with Gasteiger partial charge in [-0.15, -0.1) is 0 Å². The van der Waals surface area contributed by atoms with E-state index in [0.717, 1.165) is 5.56 Å². The van der Waals surface area contributed by atoms with E-state index in [2.05, 4.69) is 5.32 Å². The van der Waals surface area contributed by atoms with Crippen LogP contribution in [0.4, 0.5) is 5.69 Å². The Morgan fingerprint density at radius 2 is 1.61 bits per heavy atom. The Balaban J connectivity index is 2.05. The van der Waals surface area contributed by atoms with Crippen molar-refractivity contribution in [3.8, 4) is 5.75 Å². The molecule has 0 aliphatic heterocycles. The number of hydrogen-bond donors (Lipinski definition) is 1. The van der Waals surface area contributed by atoms with E-state index in [4.69, 9.17) is 14.2 Å². The van der Waals surface area contributed by atoms with Crippen molar-refractivity contribution in [3.63, 3.8) is 0 Å². The zero-order valence-electron chi connectivity index (χ0n) is 18.6. The molecule has 0 heterocycles. The molecular formula is C24H29NO6. The maximum Gasteiger partial charge on any atom is 0.338 e. The topological polar surface area (TPSA) is 90.9 Å². The lowest BCUT2D eigenvalue weighted by molar-refractivity contribution is -0.118. The summed E-state index contributed by atoms with van der Waals surface area (Å²) in [5, 5.41) is 2.76. The van der Waals surface area contributed by atoms with Crippen LogP contribution in [0.15, 0.2) is 42.5 Å². The van der Waals surface area contributed by atoms with Crippen LogP contribution in [-0.4, -0.2) is 37.5 Å². The van der Waals surface area contributed by atoms with Crippen LogP contribution in [-0.2, 0) is 20.9 Å². The second-order valence-corrected chi connectivity index (χ2v) is 7.30. The standard InChI is InChI=1S/C24H29NO6/c1-6-30-14-19-13-18(9-12-21(19)29-5)24(28)31-16(4)22(26)17-7-10-20(11-8-17)25-23(27)15(2)3/h7-13,15-16H,6,14H2,1-5H3,(H,25,27)/t16-/m0/s1. The van der Waals surface area contributed by atoms with Crippen molar-refractivity contribution in [2.24, 2.45) is 5.92 Å². The van der Waals surface area contributed by atoms with Gasteiger partial charge in [-0.3, -0.25) is 9.59 Å². The van der Waals surface area contributed by atoms with Crippen LogP contribution in [0.2, 0.25) is 0 Å². The fourth-order valence-corrected chi connectivity index (χ4v) is 2.75. The third-order valence-corrected chi connectivity index (χ3v) is 4.59. The van der Waals surface area contributed by atoms with Crippen LogP contribution in [0.1, 0.15) is 54.0 Å². The molecule has 0 aliphatic rings. The molecule has 0 fully saturated rings. The Morgan fingerprint density at radius 3 is 2.19 bits per heavy atom. The molecule has 0 aromatic heterocycles. The molecule has 1 amide bonds. The van der Waals surface area contributed by atoms with E-state index in [0.29, 0.717) is 35.8 Å². The molecule has 7 nitrogen and oxygen atoms in total. The summed E-state index contributed by atoms with van der Waals surface area (Å²) in [5.74, 6) is -0.587. The average Bonchev–Trinajstić information content (AvgIpc) is 2.77. The molecule has 166 valence electrons. The number of carbonyl (C=O) groups excluding carboxylic acids is 3. The van der Waals surface area contributed by atoms with E-state index in [9.17, 15) is 14.4 Å². The minimum absolute atomic E-state index is 0.107. The van der Waals surface area contributed by atoms with Crippen molar-refractivity contribution >= 4 is 23.3 Å². The summed E-state index contributed by atoms with van der Waals surface area (Å²) < 4.78 is 16.1. The van der Waals surface area contributed by atoms with Crippen molar-refractivity contribution in [3.05, 3.63) is 59.2 Å². The number of anilines is 1. The van der Waals surface area contributed by atoms with Crippen molar-refractivity contribution in [2.45, 2.75) is 40.4 Å². The van der Waals surface area contributed by atoms with Gasteiger partial charge >= 0.3 is 5.97 Å². The number of ether oxygens (including phenoxy) is 3. The first-order valence-electron chi connectivity index (χ1n) is 10.2. The number of carbonyl (C=O) groups is 3. The van der Waals surface area contributed by atoms with Crippen LogP contribution in [0, 0.1) is 5.92 Å². The smallest absolute Gasteiger partial charge is 0.338 e. The van der Waals surface area contributed by atoms with Crippen LogP contribution in [0.25, 0.3) is 0 Å². The molecule has 0 aliphatic carbocycles. The molecule has 31 heavy (non-hydrogen) atoms. The van der Waals surface area contributed by atoms with Gasteiger partial charge in [-0.05, 0) is 56.3 Å². The van der Waals surface area contributed by atoms with E-state index in [1.807, 2.05) is 6.92 Å². The summed E-state index contributed by atoms with van der Waals surface area (Å²) in [6, 6.07) is 11.4. The minimum atomic E-state index is -0.971. The summed E-state index contributed by atoms with van der Waals surface area (Å²) >= 11 is 0. The van der Waals surface area contributed by atoms with Gasteiger partial charge in [0.05, 0.1) is 19.3 Å². The fraction of sp³-hybridized carbons (Fsp3) is 0.375. The largest absolute Gasteiger partial charge is 0.496 e. The van der Waals surface area contributed by atoms with E-state index >= 15 is 0 Å². The van der Waals surface area contributed by atoms with E-state index in [1.165, 1.54) is 6.92 Å². The molecule has 2 aromatic carbocycles. The molecule has 0 bridgehead atoms. The first-order valence-corrected chi connectivity index (χ1v) is 10.2. The Kier molecular flexibility index (Phi) is 8.75. The van der Waals surface area contributed by atoms with Gasteiger partial charge in [-0.1, -0.05) is 13.8 Å². The molecule has 0 saturated carbocycles. The molecule has 7 heteroatoms. The number of nitrogens with one attached hydrogen (secondary N) is 1. The molecule has 2 aromatic rings. The van der Waals surface area contributed by atoms with Crippen LogP contribution in [0.3, 0.4) is 0 Å². The highest BCUT2D eigenvalue weighted by Crippen LogP contribution is 2.22. The monoisotopic (exact) mass is 427 g/mol. The molecule has 2 rings (SSSR count). The van der Waals surface area contributed by atoms with Gasteiger partial charge in [0.15, 0.2) is 6.10 Å². The van der Waals surface area contributed by atoms with Crippen LogP contribution >= 0.6 is 0 Å². The Bertz CT molecular complexity index is 920. The maximum atomic E-state index is 12.7. The Hall–Kier alpha value is -3.19. The molecule has 1 N–H and O–H groups in total. The second kappa shape index (κ2) is 11.3. The zero-order chi connectivity index (χ0) is 23.0. The summed E-state index contributed by atoms with van der Waals surface area (Å²) in [7, 11) is 1.54. The third kappa shape index (κ3) is 6.65. The average molecular weight is 427 g/mol. The van der Waals surface area contributed by atoms with Gasteiger partial charge < -0.3 is 19.5 Å². The van der Waals surface area contributed by atoms with Gasteiger partial charge in [-0.2, -0.15) is 0 Å². The van der Waals surface area contributed by atoms with Crippen molar-refractivity contribution in [2.75, 3.05) is 19.0 Å². The molecule has 0 saturated heterocycles. The highest BCUT2D eigenvalue weighted by molar-refractivity contribution is 6.02. The van der Waals surface area contributed by atoms with Gasteiger partial charge in [-0.25, -0.2) is 4.79 Å². The highest BCUT2D eigenvalue weighted by Gasteiger charge is 2.21. The number of esters is 1. The lowest BCUT2D eigenvalue weighted by atomic mass is 10.1. The van der Waals surface area contributed by atoms with Gasteiger partial charge in [0, 0.05) is 29.3 Å². The fourth-order valence-electron chi connectivity index (χ4n) is 2.75. The first kappa shape index (κ1) is 24.1. The third-order valence-electron chi connectivity index (χ3n) is 4.59. The maximum absolute atomic E-state index is 12.7. The molecule has 0 unspecified atom stereocenters. The number of amides is 1. The molecule has 0 spiro atoms. The summed E-state index contributed by atoms with van der Waals surface area (Å²) in [6.07, 6.45) is -0.971. The van der Waals surface area contributed by atoms with Crippen molar-refractivity contribution in [1.82, 2.24) is 0 Å². The number of rotatable bonds is 10. The van der Waals surface area contributed by atoms with E-state index in [-0.39, 0.29) is 17.6 Å². The van der Waals surface area contributed by atoms with Crippen LogP contribution < -0.4 is 10.1 Å². The molecule has 1 atom stereocenters. The van der Waals surface area contributed by atoms with Crippen molar-refractivity contribution in [1.29, 1.82) is 0 Å². The van der Waals surface area contributed by atoms with Gasteiger partial charge in [0.25, 0.3) is 0 Å². The summed E-state index contributed by atoms with van der Waals surface area (Å²) in [6.45, 7) is 7.83. The Morgan fingerprint density at radius 1 is 0.968 bits per heavy atom. The summed E-state index contributed by atoms with van der Waals surface area (Å²) in [5.41, 5.74) is 2.01. The quantitative estimate of drug-likeness (QED) is 0.450. The number of Topliss-reactive ketones (excluding diaryl/α,β-unsaturated/α-hetero) is 1. The number of ketones is 1.